The van der Waals surface area contributed by atoms with Crippen molar-refractivity contribution in [1.82, 2.24) is 9.78 Å². The molecule has 0 aliphatic rings. The summed E-state index contributed by atoms with van der Waals surface area (Å²) in [6.07, 6.45) is 0. The van der Waals surface area contributed by atoms with Gasteiger partial charge in [0.25, 0.3) is 10.1 Å². The van der Waals surface area contributed by atoms with Gasteiger partial charge in [0, 0.05) is 0 Å². The molecule has 0 atom stereocenters. The monoisotopic (exact) mass is 334 g/mol. The first-order valence-corrected chi connectivity index (χ1v) is 7.29. The minimum absolute atomic E-state index is 0. The number of rotatable bonds is 4. The first kappa shape index (κ1) is 18.7. The van der Waals surface area contributed by atoms with Crippen molar-refractivity contribution in [3.05, 3.63) is 36.0 Å². The van der Waals surface area contributed by atoms with Gasteiger partial charge >= 0.3 is 35.5 Å². The van der Waals surface area contributed by atoms with Crippen molar-refractivity contribution in [2.75, 3.05) is 6.61 Å². The van der Waals surface area contributed by atoms with Gasteiger partial charge < -0.3 is 9.84 Å². The minimum Gasteiger partial charge on any atom is -0.859 e. The Kier molecular flexibility index (Phi) is 6.15. The van der Waals surface area contributed by atoms with Crippen LogP contribution in [0, 0.1) is 0 Å². The van der Waals surface area contributed by atoms with Gasteiger partial charge in [0.2, 0.25) is 0 Å². The van der Waals surface area contributed by atoms with Crippen molar-refractivity contribution in [3.63, 3.8) is 0 Å². The van der Waals surface area contributed by atoms with E-state index in [2.05, 4.69) is 5.10 Å². The zero-order valence-corrected chi connectivity index (χ0v) is 14.7. The molecule has 0 spiro atoms. The fraction of sp³-hybridized carbons (Fsp3) is 0.167. The Balaban J connectivity index is 0.00000242. The molecule has 0 aliphatic heterocycles. The summed E-state index contributed by atoms with van der Waals surface area (Å²) in [5, 5.41) is 15.6. The Labute approximate surface area is 148 Å². The Morgan fingerprint density at radius 3 is 2.45 bits per heavy atom. The number of hydrogen-bond acceptors (Lipinski definition) is 6. The average Bonchev–Trinajstić information content (AvgIpc) is 2.80. The van der Waals surface area contributed by atoms with Crippen LogP contribution in [0.4, 0.5) is 0 Å². The Bertz CT molecular complexity index is 769. The summed E-state index contributed by atoms with van der Waals surface area (Å²) in [4.78, 5) is 11.2. The van der Waals surface area contributed by atoms with Crippen LogP contribution >= 0.6 is 0 Å². The van der Waals surface area contributed by atoms with Gasteiger partial charge in [0.1, 0.15) is 0 Å². The van der Waals surface area contributed by atoms with Crippen LogP contribution in [0.5, 0.6) is 5.88 Å². The standard InChI is InChI=1S/C12H12N2O6S.Na/c1-2-20-12(16)10-7-11(15)14(13-10)8-3-5-9(6-4-8)21(17,18)19;/h3-7,15H,2H2,1H3,(H,17,18,19);/q;+1/p-1. The number of ether oxygens (including phenoxy) is 1. The fourth-order valence-corrected chi connectivity index (χ4v) is 2.09. The third-order valence-electron chi connectivity index (χ3n) is 2.54. The van der Waals surface area contributed by atoms with Crippen LogP contribution in [0.25, 0.3) is 5.69 Å². The largest absolute Gasteiger partial charge is 1.00 e. The maximum Gasteiger partial charge on any atom is 1.00 e. The minimum atomic E-state index is -4.31. The van der Waals surface area contributed by atoms with Crippen LogP contribution in [0.2, 0.25) is 0 Å². The summed E-state index contributed by atoms with van der Waals surface area (Å²) in [5.41, 5.74) is 0.114. The maximum absolute atomic E-state index is 11.8. The third kappa shape index (κ3) is 4.08. The molecule has 0 amide bonds. The number of hydrogen-bond donors (Lipinski definition) is 1. The number of aromatic nitrogens is 2. The summed E-state index contributed by atoms with van der Waals surface area (Å²) in [5.74, 6) is -1.28. The summed E-state index contributed by atoms with van der Waals surface area (Å²) in [6.45, 7) is 1.78. The van der Waals surface area contributed by atoms with Gasteiger partial charge in [-0.25, -0.2) is 9.48 Å². The normalized spacial score (nSPS) is 10.8. The SMILES string of the molecule is CCOC(=O)c1cc([O-])n(-c2ccc(S(=O)(=O)O)cc2)n1.[Na+]. The molecule has 2 aromatic rings. The van der Waals surface area contributed by atoms with Crippen molar-refractivity contribution in [3.8, 4) is 11.6 Å². The molecule has 1 aromatic heterocycles. The van der Waals surface area contributed by atoms with Gasteiger partial charge in [-0.3, -0.25) is 4.55 Å². The molecule has 0 saturated heterocycles. The number of benzene rings is 1. The first-order valence-electron chi connectivity index (χ1n) is 5.85. The molecule has 0 aliphatic carbocycles. The predicted molar refractivity (Wildman–Crippen MR) is 68.8 cm³/mol. The number of esters is 1. The maximum atomic E-state index is 11.8. The first-order chi connectivity index (χ1) is 9.82. The molecule has 0 unspecified atom stereocenters. The zero-order valence-electron chi connectivity index (χ0n) is 11.9. The second-order valence-corrected chi connectivity index (χ2v) is 5.39. The van der Waals surface area contributed by atoms with E-state index in [1.807, 2.05) is 0 Å². The average molecular weight is 334 g/mol. The third-order valence-corrected chi connectivity index (χ3v) is 3.41. The number of carbonyl (C=O) groups is 1. The van der Waals surface area contributed by atoms with Crippen molar-refractivity contribution in [2.45, 2.75) is 11.8 Å². The smallest absolute Gasteiger partial charge is 0.859 e. The topological polar surface area (TPSA) is 122 Å². The van der Waals surface area contributed by atoms with Gasteiger partial charge in [-0.1, -0.05) is 0 Å². The molecular formula is C12H11N2NaO6S. The molecule has 1 aromatic carbocycles. The summed E-state index contributed by atoms with van der Waals surface area (Å²) in [7, 11) is -4.31. The van der Waals surface area contributed by atoms with E-state index in [9.17, 15) is 18.3 Å². The van der Waals surface area contributed by atoms with E-state index >= 15 is 0 Å². The van der Waals surface area contributed by atoms with Gasteiger partial charge in [-0.05, 0) is 43.1 Å². The van der Waals surface area contributed by atoms with E-state index in [4.69, 9.17) is 9.29 Å². The zero-order chi connectivity index (χ0) is 15.6. The molecular weight excluding hydrogens is 323 g/mol. The second kappa shape index (κ2) is 7.25. The second-order valence-electron chi connectivity index (χ2n) is 3.97. The van der Waals surface area contributed by atoms with Crippen LogP contribution in [0.3, 0.4) is 0 Å². The molecule has 0 fully saturated rings. The van der Waals surface area contributed by atoms with Crippen LogP contribution in [-0.2, 0) is 14.9 Å². The van der Waals surface area contributed by atoms with E-state index in [0.717, 1.165) is 22.9 Å². The number of carbonyl (C=O) groups excluding carboxylic acids is 1. The van der Waals surface area contributed by atoms with Gasteiger partial charge in [0.15, 0.2) is 5.69 Å². The van der Waals surface area contributed by atoms with E-state index < -0.39 is 22.0 Å². The Hall–Kier alpha value is -1.39. The molecule has 8 nitrogen and oxygen atoms in total. The molecule has 112 valence electrons. The van der Waals surface area contributed by atoms with Gasteiger partial charge in [-0.2, -0.15) is 13.5 Å². The molecule has 0 bridgehead atoms. The molecule has 2 rings (SSSR count). The van der Waals surface area contributed by atoms with Crippen molar-refractivity contribution in [2.24, 2.45) is 0 Å². The van der Waals surface area contributed by atoms with Crippen LogP contribution in [0.1, 0.15) is 17.4 Å². The Morgan fingerprint density at radius 2 is 1.95 bits per heavy atom. The fourth-order valence-electron chi connectivity index (χ4n) is 1.61. The molecule has 0 saturated carbocycles. The molecule has 0 radical (unpaired) electrons. The Morgan fingerprint density at radius 1 is 1.36 bits per heavy atom. The van der Waals surface area contributed by atoms with Crippen molar-refractivity contribution in [1.29, 1.82) is 0 Å². The van der Waals surface area contributed by atoms with E-state index in [0.29, 0.717) is 0 Å². The quantitative estimate of drug-likeness (QED) is 0.369. The van der Waals surface area contributed by atoms with Crippen LogP contribution in [0.15, 0.2) is 35.2 Å². The van der Waals surface area contributed by atoms with Crippen molar-refractivity contribution < 1.29 is 57.2 Å². The van der Waals surface area contributed by atoms with E-state index in [1.54, 1.807) is 6.92 Å². The van der Waals surface area contributed by atoms with E-state index in [1.165, 1.54) is 12.1 Å². The van der Waals surface area contributed by atoms with Gasteiger partial charge in [-0.15, -0.1) is 0 Å². The van der Waals surface area contributed by atoms with Crippen LogP contribution < -0.4 is 34.7 Å². The predicted octanol–water partition coefficient (Wildman–Crippen LogP) is -2.63. The van der Waals surface area contributed by atoms with Crippen molar-refractivity contribution >= 4 is 16.1 Å². The van der Waals surface area contributed by atoms with E-state index in [-0.39, 0.29) is 52.4 Å². The molecule has 10 heteroatoms. The molecule has 1 heterocycles. The summed E-state index contributed by atoms with van der Waals surface area (Å²) < 4.78 is 36.4. The molecule has 22 heavy (non-hydrogen) atoms. The van der Waals surface area contributed by atoms with Crippen LogP contribution in [-0.4, -0.2) is 35.3 Å². The molecule has 1 N–H and O–H groups in total. The summed E-state index contributed by atoms with van der Waals surface area (Å²) >= 11 is 0. The number of nitrogens with zero attached hydrogens (tertiary/aromatic N) is 2. The summed E-state index contributed by atoms with van der Waals surface area (Å²) in [6, 6.07) is 5.83. The van der Waals surface area contributed by atoms with Gasteiger partial charge in [0.05, 0.1) is 17.2 Å².